The number of rotatable bonds is 4. The van der Waals surface area contributed by atoms with Crippen LogP contribution in [0.2, 0.25) is 0 Å². The van der Waals surface area contributed by atoms with Gasteiger partial charge >= 0.3 is 0 Å². The molecule has 2 amide bonds. The van der Waals surface area contributed by atoms with Gasteiger partial charge in [0.1, 0.15) is 0 Å². The summed E-state index contributed by atoms with van der Waals surface area (Å²) >= 11 is 0. The van der Waals surface area contributed by atoms with E-state index < -0.39 is 0 Å². The van der Waals surface area contributed by atoms with Crippen molar-refractivity contribution in [2.24, 2.45) is 5.92 Å². The van der Waals surface area contributed by atoms with Gasteiger partial charge in [0.25, 0.3) is 0 Å². The van der Waals surface area contributed by atoms with Gasteiger partial charge in [0, 0.05) is 33.7 Å². The molecule has 1 unspecified atom stereocenters. The van der Waals surface area contributed by atoms with Gasteiger partial charge < -0.3 is 14.9 Å². The summed E-state index contributed by atoms with van der Waals surface area (Å²) in [6.07, 6.45) is 1.71. The number of aliphatic hydroxyl groups excluding tert-OH is 1. The summed E-state index contributed by atoms with van der Waals surface area (Å²) in [5, 5.41) is 8.81. The monoisotopic (exact) mass is 228 g/mol. The lowest BCUT2D eigenvalue weighted by molar-refractivity contribution is -0.137. The fourth-order valence-electron chi connectivity index (χ4n) is 1.89. The Kier molecular flexibility index (Phi) is 4.73. The molecule has 1 rings (SSSR count). The van der Waals surface area contributed by atoms with Crippen molar-refractivity contribution in [2.75, 3.05) is 33.3 Å². The number of hydrogen-bond acceptors (Lipinski definition) is 3. The number of nitrogens with zero attached hydrogens (tertiary/aromatic N) is 2. The minimum absolute atomic E-state index is 0.00172. The predicted molar refractivity (Wildman–Crippen MR) is 59.7 cm³/mol. The van der Waals surface area contributed by atoms with Gasteiger partial charge in [0.2, 0.25) is 11.8 Å². The molecular formula is C11H20N2O3. The van der Waals surface area contributed by atoms with Crippen molar-refractivity contribution in [3.63, 3.8) is 0 Å². The zero-order valence-corrected chi connectivity index (χ0v) is 9.98. The lowest BCUT2D eigenvalue weighted by Gasteiger charge is -2.20. The molecule has 1 aliphatic rings. The number of aliphatic hydroxyl groups is 1. The largest absolute Gasteiger partial charge is 0.396 e. The predicted octanol–water partition coefficient (Wildman–Crippen LogP) is -0.304. The van der Waals surface area contributed by atoms with Crippen molar-refractivity contribution in [1.29, 1.82) is 0 Å². The Morgan fingerprint density at radius 1 is 1.50 bits per heavy atom. The number of carbonyl (C=O) groups excluding carboxylic acids is 2. The third-order valence-electron chi connectivity index (χ3n) is 3.09. The zero-order chi connectivity index (χ0) is 12.1. The van der Waals surface area contributed by atoms with E-state index in [-0.39, 0.29) is 25.0 Å². The van der Waals surface area contributed by atoms with E-state index in [0.717, 1.165) is 19.4 Å². The average Bonchev–Trinajstić information content (AvgIpc) is 2.66. The summed E-state index contributed by atoms with van der Waals surface area (Å²) < 4.78 is 0. The maximum Gasteiger partial charge on any atom is 0.242 e. The number of amides is 2. The van der Waals surface area contributed by atoms with Crippen LogP contribution in [0.5, 0.6) is 0 Å². The molecule has 1 fully saturated rings. The third-order valence-corrected chi connectivity index (χ3v) is 3.09. The van der Waals surface area contributed by atoms with E-state index in [1.54, 1.807) is 11.9 Å². The molecule has 16 heavy (non-hydrogen) atoms. The van der Waals surface area contributed by atoms with Crippen molar-refractivity contribution < 1.29 is 14.7 Å². The molecular weight excluding hydrogens is 208 g/mol. The molecule has 1 atom stereocenters. The van der Waals surface area contributed by atoms with Crippen LogP contribution in [0.4, 0.5) is 0 Å². The SMILES string of the molecule is CC(=O)N(C)CC(=O)N1CCC(CCO)C1. The van der Waals surface area contributed by atoms with Crippen molar-refractivity contribution in [3.8, 4) is 0 Å². The van der Waals surface area contributed by atoms with Crippen molar-refractivity contribution in [3.05, 3.63) is 0 Å². The fraction of sp³-hybridized carbons (Fsp3) is 0.818. The fourth-order valence-corrected chi connectivity index (χ4v) is 1.89. The molecule has 5 heteroatoms. The minimum atomic E-state index is -0.0977. The van der Waals surface area contributed by atoms with Gasteiger partial charge in [-0.3, -0.25) is 9.59 Å². The molecule has 92 valence electrons. The quantitative estimate of drug-likeness (QED) is 0.718. The van der Waals surface area contributed by atoms with Crippen LogP contribution in [0, 0.1) is 5.92 Å². The minimum Gasteiger partial charge on any atom is -0.396 e. The van der Waals surface area contributed by atoms with Gasteiger partial charge in [-0.05, 0) is 18.8 Å². The maximum absolute atomic E-state index is 11.8. The van der Waals surface area contributed by atoms with Gasteiger partial charge in [-0.2, -0.15) is 0 Å². The van der Waals surface area contributed by atoms with E-state index in [2.05, 4.69) is 0 Å². The standard InChI is InChI=1S/C11H20N2O3/c1-9(15)12(2)8-11(16)13-5-3-10(7-13)4-6-14/h10,14H,3-8H2,1-2H3. The molecule has 1 saturated heterocycles. The Bertz CT molecular complexity index is 268. The Hall–Kier alpha value is -1.10. The summed E-state index contributed by atoms with van der Waals surface area (Å²) in [6, 6.07) is 0. The van der Waals surface area contributed by atoms with Gasteiger partial charge in [0.05, 0.1) is 6.54 Å². The first kappa shape index (κ1) is 13.0. The van der Waals surface area contributed by atoms with E-state index in [9.17, 15) is 9.59 Å². The summed E-state index contributed by atoms with van der Waals surface area (Å²) in [6.45, 7) is 3.24. The highest BCUT2D eigenvalue weighted by Crippen LogP contribution is 2.19. The molecule has 1 heterocycles. The van der Waals surface area contributed by atoms with Gasteiger partial charge in [-0.25, -0.2) is 0 Å². The molecule has 0 saturated carbocycles. The molecule has 0 radical (unpaired) electrons. The second-order valence-corrected chi connectivity index (χ2v) is 4.38. The van der Waals surface area contributed by atoms with Gasteiger partial charge in [-0.1, -0.05) is 0 Å². The maximum atomic E-state index is 11.8. The third kappa shape index (κ3) is 3.48. The molecule has 0 bridgehead atoms. The van der Waals surface area contributed by atoms with Gasteiger partial charge in [-0.15, -0.1) is 0 Å². The molecule has 1 aliphatic heterocycles. The highest BCUT2D eigenvalue weighted by molar-refractivity contribution is 5.83. The number of carbonyl (C=O) groups is 2. The van der Waals surface area contributed by atoms with Gasteiger partial charge in [0.15, 0.2) is 0 Å². The van der Waals surface area contributed by atoms with E-state index in [4.69, 9.17) is 5.11 Å². The van der Waals surface area contributed by atoms with E-state index >= 15 is 0 Å². The number of likely N-dealkylation sites (tertiary alicyclic amines) is 1. The smallest absolute Gasteiger partial charge is 0.242 e. The number of likely N-dealkylation sites (N-methyl/N-ethyl adjacent to an activating group) is 1. The van der Waals surface area contributed by atoms with Crippen LogP contribution in [0.25, 0.3) is 0 Å². The van der Waals surface area contributed by atoms with Crippen molar-refractivity contribution >= 4 is 11.8 Å². The van der Waals surface area contributed by atoms with Crippen LogP contribution in [0.3, 0.4) is 0 Å². The average molecular weight is 228 g/mol. The second-order valence-electron chi connectivity index (χ2n) is 4.38. The topological polar surface area (TPSA) is 60.9 Å². The molecule has 5 nitrogen and oxygen atoms in total. The molecule has 0 aliphatic carbocycles. The summed E-state index contributed by atoms with van der Waals surface area (Å²) in [5.74, 6) is 0.314. The highest BCUT2D eigenvalue weighted by atomic mass is 16.3. The Morgan fingerprint density at radius 3 is 2.75 bits per heavy atom. The molecule has 0 aromatic heterocycles. The first-order valence-corrected chi connectivity index (χ1v) is 5.65. The highest BCUT2D eigenvalue weighted by Gasteiger charge is 2.26. The molecule has 0 aromatic carbocycles. The van der Waals surface area contributed by atoms with Crippen LogP contribution >= 0.6 is 0 Å². The van der Waals surface area contributed by atoms with Crippen molar-refractivity contribution in [2.45, 2.75) is 19.8 Å². The lowest BCUT2D eigenvalue weighted by Crippen LogP contribution is -2.39. The van der Waals surface area contributed by atoms with Crippen molar-refractivity contribution in [1.82, 2.24) is 9.80 Å². The van der Waals surface area contributed by atoms with E-state index in [1.807, 2.05) is 0 Å². The van der Waals surface area contributed by atoms with Crippen LogP contribution in [-0.2, 0) is 9.59 Å². The molecule has 0 aromatic rings. The molecule has 1 N–H and O–H groups in total. The Morgan fingerprint density at radius 2 is 2.19 bits per heavy atom. The van der Waals surface area contributed by atoms with E-state index in [1.165, 1.54) is 11.8 Å². The normalized spacial score (nSPS) is 19.9. The summed E-state index contributed by atoms with van der Waals surface area (Å²) in [5.41, 5.74) is 0. The second kappa shape index (κ2) is 5.84. The first-order chi connectivity index (χ1) is 7.54. The van der Waals surface area contributed by atoms with Crippen LogP contribution < -0.4 is 0 Å². The van der Waals surface area contributed by atoms with Crippen LogP contribution in [-0.4, -0.2) is 60.0 Å². The molecule has 0 spiro atoms. The number of hydrogen-bond donors (Lipinski definition) is 1. The Labute approximate surface area is 96.0 Å². The lowest BCUT2D eigenvalue weighted by atomic mass is 10.1. The van der Waals surface area contributed by atoms with Crippen LogP contribution in [0.15, 0.2) is 0 Å². The zero-order valence-electron chi connectivity index (χ0n) is 9.98. The first-order valence-electron chi connectivity index (χ1n) is 5.65. The summed E-state index contributed by atoms with van der Waals surface area (Å²) in [7, 11) is 1.63. The van der Waals surface area contributed by atoms with E-state index in [0.29, 0.717) is 12.5 Å². The summed E-state index contributed by atoms with van der Waals surface area (Å²) in [4.78, 5) is 26.0. The van der Waals surface area contributed by atoms with Crippen LogP contribution in [0.1, 0.15) is 19.8 Å². The Balaban J connectivity index is 2.36.